The first-order valence-electron chi connectivity index (χ1n) is 9.05. The number of hydrogen-bond acceptors (Lipinski definition) is 7. The SMILES string of the molecule is Cn1cnc(COc2nn3c(-c4ccco4)nnc3cc2C2CCCC2)n1. The third kappa shape index (κ3) is 2.94. The second-order valence-electron chi connectivity index (χ2n) is 6.78. The zero-order chi connectivity index (χ0) is 18.2. The van der Waals surface area contributed by atoms with Crippen molar-refractivity contribution < 1.29 is 9.15 Å². The molecule has 0 amide bonds. The van der Waals surface area contributed by atoms with Crippen molar-refractivity contribution >= 4 is 5.65 Å². The molecule has 0 N–H and O–H groups in total. The summed E-state index contributed by atoms with van der Waals surface area (Å²) in [5, 5.41) is 17.5. The molecule has 0 atom stereocenters. The lowest BCUT2D eigenvalue weighted by molar-refractivity contribution is 0.274. The number of ether oxygens (including phenoxy) is 1. The first kappa shape index (κ1) is 16.0. The van der Waals surface area contributed by atoms with Crippen LogP contribution in [0.4, 0.5) is 0 Å². The van der Waals surface area contributed by atoms with E-state index < -0.39 is 0 Å². The fourth-order valence-corrected chi connectivity index (χ4v) is 3.61. The Labute approximate surface area is 155 Å². The van der Waals surface area contributed by atoms with Gasteiger partial charge in [-0.15, -0.1) is 15.3 Å². The molecule has 4 heterocycles. The number of rotatable bonds is 5. The Hall–Kier alpha value is -3.23. The van der Waals surface area contributed by atoms with Gasteiger partial charge in [0.25, 0.3) is 0 Å². The largest absolute Gasteiger partial charge is 0.468 e. The summed E-state index contributed by atoms with van der Waals surface area (Å²) in [5.41, 5.74) is 1.76. The van der Waals surface area contributed by atoms with E-state index in [-0.39, 0.29) is 6.61 Å². The fraction of sp³-hybridized carbons (Fsp3) is 0.389. The number of aryl methyl sites for hydroxylation is 1. The highest BCUT2D eigenvalue weighted by Gasteiger charge is 2.24. The molecule has 0 unspecified atom stereocenters. The standard InChI is InChI=1S/C18H19N7O2/c1-24-11-19-15(22-24)10-27-18-13(12-5-2-3-6-12)9-16-20-21-17(25(16)23-18)14-7-4-8-26-14/h4,7-9,11-12H,2-3,5-6,10H2,1H3. The van der Waals surface area contributed by atoms with Gasteiger partial charge in [0.1, 0.15) is 6.33 Å². The third-order valence-electron chi connectivity index (χ3n) is 4.91. The van der Waals surface area contributed by atoms with Crippen LogP contribution in [-0.4, -0.2) is 34.6 Å². The Bertz CT molecular complexity index is 1060. The number of aromatic nitrogens is 7. The number of fused-ring (bicyclic) bond motifs is 1. The van der Waals surface area contributed by atoms with Crippen molar-refractivity contribution in [2.45, 2.75) is 38.2 Å². The number of nitrogens with zero attached hydrogens (tertiary/aromatic N) is 7. The maximum Gasteiger partial charge on any atom is 0.235 e. The van der Waals surface area contributed by atoms with Gasteiger partial charge >= 0.3 is 0 Å². The highest BCUT2D eigenvalue weighted by Crippen LogP contribution is 2.38. The molecule has 0 saturated heterocycles. The molecule has 1 saturated carbocycles. The van der Waals surface area contributed by atoms with Crippen LogP contribution in [0.5, 0.6) is 5.88 Å². The summed E-state index contributed by atoms with van der Waals surface area (Å²) in [6.45, 7) is 0.261. The van der Waals surface area contributed by atoms with E-state index in [1.165, 1.54) is 12.8 Å². The molecule has 0 bridgehead atoms. The van der Waals surface area contributed by atoms with E-state index in [2.05, 4.69) is 20.3 Å². The summed E-state index contributed by atoms with van der Waals surface area (Å²) in [5.74, 6) is 2.79. The van der Waals surface area contributed by atoms with Crippen LogP contribution in [0, 0.1) is 0 Å². The van der Waals surface area contributed by atoms with Gasteiger partial charge in [0, 0.05) is 12.6 Å². The minimum atomic E-state index is 0.261. The zero-order valence-corrected chi connectivity index (χ0v) is 14.9. The van der Waals surface area contributed by atoms with Crippen molar-refractivity contribution in [2.75, 3.05) is 0 Å². The molecule has 1 fully saturated rings. The van der Waals surface area contributed by atoms with Gasteiger partial charge in [0.2, 0.25) is 11.7 Å². The Kier molecular flexibility index (Phi) is 3.84. The molecule has 5 rings (SSSR count). The molecule has 9 heteroatoms. The van der Waals surface area contributed by atoms with Crippen LogP contribution in [0.3, 0.4) is 0 Å². The minimum absolute atomic E-state index is 0.261. The Morgan fingerprint density at radius 3 is 2.85 bits per heavy atom. The molecule has 138 valence electrons. The van der Waals surface area contributed by atoms with Gasteiger partial charge in [-0.2, -0.15) is 9.61 Å². The van der Waals surface area contributed by atoms with E-state index in [1.54, 1.807) is 21.8 Å². The minimum Gasteiger partial charge on any atom is -0.468 e. The van der Waals surface area contributed by atoms with Crippen molar-refractivity contribution in [1.29, 1.82) is 0 Å². The van der Waals surface area contributed by atoms with Gasteiger partial charge in [-0.3, -0.25) is 4.68 Å². The Balaban J connectivity index is 1.56. The summed E-state index contributed by atoms with van der Waals surface area (Å²) in [7, 11) is 1.83. The maximum absolute atomic E-state index is 6.04. The van der Waals surface area contributed by atoms with Crippen LogP contribution < -0.4 is 4.74 Å². The van der Waals surface area contributed by atoms with Crippen LogP contribution in [0.2, 0.25) is 0 Å². The molecule has 4 aromatic heterocycles. The fourth-order valence-electron chi connectivity index (χ4n) is 3.61. The Morgan fingerprint density at radius 2 is 2.11 bits per heavy atom. The van der Waals surface area contributed by atoms with Gasteiger partial charge in [-0.25, -0.2) is 4.98 Å². The predicted molar refractivity (Wildman–Crippen MR) is 95.0 cm³/mol. The lowest BCUT2D eigenvalue weighted by Gasteiger charge is -2.14. The molecule has 9 nitrogen and oxygen atoms in total. The van der Waals surface area contributed by atoms with E-state index in [0.29, 0.717) is 34.9 Å². The summed E-state index contributed by atoms with van der Waals surface area (Å²) < 4.78 is 14.8. The summed E-state index contributed by atoms with van der Waals surface area (Å²) >= 11 is 0. The van der Waals surface area contributed by atoms with Gasteiger partial charge < -0.3 is 9.15 Å². The van der Waals surface area contributed by atoms with Crippen LogP contribution >= 0.6 is 0 Å². The summed E-state index contributed by atoms with van der Waals surface area (Å²) in [6.07, 6.45) is 7.97. The predicted octanol–water partition coefficient (Wildman–Crippen LogP) is 2.75. The zero-order valence-electron chi connectivity index (χ0n) is 14.9. The van der Waals surface area contributed by atoms with E-state index in [0.717, 1.165) is 18.4 Å². The lowest BCUT2D eigenvalue weighted by atomic mass is 9.99. The van der Waals surface area contributed by atoms with Crippen LogP contribution in [0.15, 0.2) is 35.2 Å². The van der Waals surface area contributed by atoms with E-state index in [4.69, 9.17) is 14.3 Å². The molecule has 0 aliphatic heterocycles. The average Bonchev–Trinajstić information content (AvgIpc) is 3.45. The molecule has 0 spiro atoms. The first-order chi connectivity index (χ1) is 13.3. The highest BCUT2D eigenvalue weighted by atomic mass is 16.5. The quantitative estimate of drug-likeness (QED) is 0.536. The third-order valence-corrected chi connectivity index (χ3v) is 4.91. The van der Waals surface area contributed by atoms with E-state index >= 15 is 0 Å². The van der Waals surface area contributed by atoms with Crippen molar-refractivity contribution in [3.63, 3.8) is 0 Å². The summed E-state index contributed by atoms with van der Waals surface area (Å²) in [6, 6.07) is 5.68. The second-order valence-corrected chi connectivity index (χ2v) is 6.78. The van der Waals surface area contributed by atoms with Crippen LogP contribution in [0.1, 0.15) is 43.0 Å². The normalized spacial score (nSPS) is 15.0. The first-order valence-corrected chi connectivity index (χ1v) is 9.05. The second kappa shape index (κ2) is 6.49. The van der Waals surface area contributed by atoms with E-state index in [1.807, 2.05) is 25.2 Å². The topological polar surface area (TPSA) is 96.2 Å². The molecule has 0 aromatic carbocycles. The van der Waals surface area contributed by atoms with Gasteiger partial charge in [0.05, 0.1) is 6.26 Å². The molecule has 1 aliphatic carbocycles. The molecule has 27 heavy (non-hydrogen) atoms. The molecule has 4 aromatic rings. The molecule has 1 aliphatic rings. The average molecular weight is 365 g/mol. The smallest absolute Gasteiger partial charge is 0.235 e. The van der Waals surface area contributed by atoms with Gasteiger partial charge in [0.15, 0.2) is 23.8 Å². The summed E-state index contributed by atoms with van der Waals surface area (Å²) in [4.78, 5) is 4.22. The van der Waals surface area contributed by atoms with Gasteiger partial charge in [-0.05, 0) is 37.0 Å². The molecule has 0 radical (unpaired) electrons. The molecular formula is C18H19N7O2. The van der Waals surface area contributed by atoms with Crippen LogP contribution in [0.25, 0.3) is 17.2 Å². The van der Waals surface area contributed by atoms with Gasteiger partial charge in [-0.1, -0.05) is 12.8 Å². The lowest BCUT2D eigenvalue weighted by Crippen LogP contribution is -2.08. The maximum atomic E-state index is 6.04. The molecular weight excluding hydrogens is 346 g/mol. The number of hydrogen-bond donors (Lipinski definition) is 0. The Morgan fingerprint density at radius 1 is 1.22 bits per heavy atom. The van der Waals surface area contributed by atoms with Crippen molar-refractivity contribution in [3.8, 4) is 17.5 Å². The van der Waals surface area contributed by atoms with Crippen molar-refractivity contribution in [2.24, 2.45) is 7.05 Å². The van der Waals surface area contributed by atoms with E-state index in [9.17, 15) is 0 Å². The monoisotopic (exact) mass is 365 g/mol. The number of furan rings is 1. The van der Waals surface area contributed by atoms with Crippen LogP contribution in [-0.2, 0) is 13.7 Å². The highest BCUT2D eigenvalue weighted by molar-refractivity contribution is 5.54. The van der Waals surface area contributed by atoms with Crippen molar-refractivity contribution in [3.05, 3.63) is 42.2 Å². The van der Waals surface area contributed by atoms with Crippen molar-refractivity contribution in [1.82, 2.24) is 34.6 Å².